The monoisotopic (exact) mass is 301 g/mol. The number of para-hydroxylation sites is 2. The normalized spacial score (nSPS) is 10.0. The van der Waals surface area contributed by atoms with Crippen LogP contribution in [0.1, 0.15) is 17.3 Å². The zero-order valence-corrected chi connectivity index (χ0v) is 12.5. The van der Waals surface area contributed by atoms with Gasteiger partial charge in [-0.2, -0.15) is 0 Å². The summed E-state index contributed by atoms with van der Waals surface area (Å²) in [5.41, 5.74) is 2.07. The maximum atomic E-state index is 12.2. The van der Waals surface area contributed by atoms with Gasteiger partial charge in [-0.1, -0.05) is 30.3 Å². The maximum absolute atomic E-state index is 12.2. The minimum atomic E-state index is -0.210. The lowest BCUT2D eigenvalue weighted by Gasteiger charge is -2.12. The zero-order valence-electron chi connectivity index (χ0n) is 11.7. The zero-order chi connectivity index (χ0) is 15.2. The van der Waals surface area contributed by atoms with Crippen LogP contribution in [-0.4, -0.2) is 12.5 Å². The van der Waals surface area contributed by atoms with Gasteiger partial charge in [-0.25, -0.2) is 0 Å². The third-order valence-corrected chi connectivity index (χ3v) is 2.97. The topological polar surface area (TPSA) is 38.3 Å². The van der Waals surface area contributed by atoms with E-state index in [4.69, 9.17) is 16.3 Å². The fraction of sp³-hybridized carbons (Fsp3) is 0.118. The predicted molar refractivity (Wildman–Crippen MR) is 86.2 cm³/mol. The van der Waals surface area contributed by atoms with Crippen molar-refractivity contribution in [3.63, 3.8) is 0 Å². The second-order valence-corrected chi connectivity index (χ2v) is 5.14. The number of hydrogen-bond acceptors (Lipinski definition) is 2. The van der Waals surface area contributed by atoms with Crippen LogP contribution in [0.25, 0.3) is 0 Å². The Bertz CT molecular complexity index is 650. The lowest BCUT2D eigenvalue weighted by Crippen LogP contribution is -2.13. The van der Waals surface area contributed by atoms with Crippen molar-refractivity contribution < 1.29 is 9.53 Å². The third kappa shape index (κ3) is 4.36. The van der Waals surface area contributed by atoms with Gasteiger partial charge >= 0.3 is 0 Å². The Morgan fingerprint density at radius 2 is 1.86 bits per heavy atom. The molecule has 1 amide bonds. The quantitative estimate of drug-likeness (QED) is 0.823. The smallest absolute Gasteiger partial charge is 0.255 e. The first-order valence-electron chi connectivity index (χ1n) is 6.49. The van der Waals surface area contributed by atoms with E-state index in [1.54, 1.807) is 36.4 Å². The molecule has 0 spiro atoms. The van der Waals surface area contributed by atoms with E-state index in [1.165, 1.54) is 0 Å². The molecule has 0 atom stereocenters. The van der Waals surface area contributed by atoms with Crippen LogP contribution in [-0.2, 0) is 0 Å². The van der Waals surface area contributed by atoms with Crippen molar-refractivity contribution in [3.05, 3.63) is 71.3 Å². The van der Waals surface area contributed by atoms with Gasteiger partial charge in [0.2, 0.25) is 0 Å². The molecule has 0 saturated heterocycles. The highest BCUT2D eigenvalue weighted by molar-refractivity contribution is 6.30. The van der Waals surface area contributed by atoms with Crippen molar-refractivity contribution in [3.8, 4) is 5.75 Å². The number of rotatable bonds is 5. The first kappa shape index (κ1) is 15.1. The van der Waals surface area contributed by atoms with E-state index < -0.39 is 0 Å². The molecule has 2 aromatic rings. The summed E-state index contributed by atoms with van der Waals surface area (Å²) in [6, 6.07) is 14.0. The number of benzene rings is 2. The summed E-state index contributed by atoms with van der Waals surface area (Å²) in [7, 11) is 0. The summed E-state index contributed by atoms with van der Waals surface area (Å²) in [5.74, 6) is 0.404. The van der Waals surface area contributed by atoms with Crippen molar-refractivity contribution in [2.24, 2.45) is 0 Å². The lowest BCUT2D eigenvalue weighted by atomic mass is 10.2. The van der Waals surface area contributed by atoms with E-state index in [1.807, 2.05) is 19.1 Å². The Hall–Kier alpha value is -2.26. The molecule has 0 aliphatic carbocycles. The molecule has 0 aromatic heterocycles. The summed E-state index contributed by atoms with van der Waals surface area (Å²) in [6.45, 7) is 6.09. The molecule has 21 heavy (non-hydrogen) atoms. The van der Waals surface area contributed by atoms with Crippen LogP contribution in [0.5, 0.6) is 5.75 Å². The second-order valence-electron chi connectivity index (χ2n) is 4.70. The van der Waals surface area contributed by atoms with Gasteiger partial charge < -0.3 is 10.1 Å². The molecule has 108 valence electrons. The van der Waals surface area contributed by atoms with Gasteiger partial charge in [-0.15, -0.1) is 0 Å². The Morgan fingerprint density at radius 3 is 2.52 bits per heavy atom. The molecule has 0 radical (unpaired) electrons. The number of amides is 1. The van der Waals surface area contributed by atoms with Crippen LogP contribution in [0.4, 0.5) is 5.69 Å². The van der Waals surface area contributed by atoms with Crippen molar-refractivity contribution in [1.82, 2.24) is 0 Å². The van der Waals surface area contributed by atoms with E-state index in [2.05, 4.69) is 11.9 Å². The molecule has 1 N–H and O–H groups in total. The SMILES string of the molecule is C=C(C)COc1ccccc1NC(=O)c1ccc(Cl)cc1. The summed E-state index contributed by atoms with van der Waals surface area (Å²) in [6.07, 6.45) is 0. The summed E-state index contributed by atoms with van der Waals surface area (Å²) < 4.78 is 5.62. The Labute approximate surface area is 129 Å². The minimum absolute atomic E-state index is 0.210. The largest absolute Gasteiger partial charge is 0.487 e. The van der Waals surface area contributed by atoms with Gasteiger partial charge in [-0.05, 0) is 48.9 Å². The van der Waals surface area contributed by atoms with Crippen LogP contribution in [0, 0.1) is 0 Å². The third-order valence-electron chi connectivity index (χ3n) is 2.72. The van der Waals surface area contributed by atoms with Gasteiger partial charge in [0.05, 0.1) is 5.69 Å². The first-order chi connectivity index (χ1) is 10.1. The molecule has 0 unspecified atom stereocenters. The molecule has 0 bridgehead atoms. The molecule has 0 saturated carbocycles. The number of nitrogens with one attached hydrogen (secondary N) is 1. The van der Waals surface area contributed by atoms with Crippen molar-refractivity contribution in [2.45, 2.75) is 6.92 Å². The van der Waals surface area contributed by atoms with E-state index >= 15 is 0 Å². The average Bonchev–Trinajstić information content (AvgIpc) is 2.47. The van der Waals surface area contributed by atoms with Crippen LogP contribution < -0.4 is 10.1 Å². The fourth-order valence-corrected chi connectivity index (χ4v) is 1.82. The van der Waals surface area contributed by atoms with Crippen molar-refractivity contribution in [1.29, 1.82) is 0 Å². The molecule has 2 aromatic carbocycles. The van der Waals surface area contributed by atoms with E-state index in [-0.39, 0.29) is 5.91 Å². The van der Waals surface area contributed by atoms with Crippen molar-refractivity contribution in [2.75, 3.05) is 11.9 Å². The molecule has 0 heterocycles. The highest BCUT2D eigenvalue weighted by Crippen LogP contribution is 2.25. The highest BCUT2D eigenvalue weighted by Gasteiger charge is 2.09. The number of anilines is 1. The van der Waals surface area contributed by atoms with Gasteiger partial charge in [0.25, 0.3) is 5.91 Å². The molecule has 0 fully saturated rings. The van der Waals surface area contributed by atoms with Crippen LogP contribution in [0.3, 0.4) is 0 Å². The number of carbonyl (C=O) groups excluding carboxylic acids is 1. The van der Waals surface area contributed by atoms with E-state index in [0.717, 1.165) is 5.57 Å². The fourth-order valence-electron chi connectivity index (χ4n) is 1.69. The number of hydrogen-bond donors (Lipinski definition) is 1. The molecular formula is C17H16ClNO2. The number of ether oxygens (including phenoxy) is 1. The molecule has 0 aliphatic heterocycles. The van der Waals surface area contributed by atoms with Gasteiger partial charge in [0, 0.05) is 10.6 Å². The van der Waals surface area contributed by atoms with E-state index in [0.29, 0.717) is 28.6 Å². The Morgan fingerprint density at radius 1 is 1.19 bits per heavy atom. The van der Waals surface area contributed by atoms with Gasteiger partial charge in [-0.3, -0.25) is 4.79 Å². The Balaban J connectivity index is 2.13. The van der Waals surface area contributed by atoms with Gasteiger partial charge in [0.15, 0.2) is 0 Å². The highest BCUT2D eigenvalue weighted by atomic mass is 35.5. The predicted octanol–water partition coefficient (Wildman–Crippen LogP) is 4.55. The average molecular weight is 302 g/mol. The second kappa shape index (κ2) is 6.95. The number of carbonyl (C=O) groups is 1. The van der Waals surface area contributed by atoms with E-state index in [9.17, 15) is 4.79 Å². The summed E-state index contributed by atoms with van der Waals surface area (Å²) in [5, 5.41) is 3.43. The van der Waals surface area contributed by atoms with Gasteiger partial charge in [0.1, 0.15) is 12.4 Å². The summed E-state index contributed by atoms with van der Waals surface area (Å²) >= 11 is 5.81. The first-order valence-corrected chi connectivity index (χ1v) is 6.87. The molecule has 0 aliphatic rings. The molecule has 3 nitrogen and oxygen atoms in total. The Kier molecular flexibility index (Phi) is 5.01. The minimum Gasteiger partial charge on any atom is -0.487 e. The maximum Gasteiger partial charge on any atom is 0.255 e. The lowest BCUT2D eigenvalue weighted by molar-refractivity contribution is 0.102. The number of halogens is 1. The van der Waals surface area contributed by atoms with Crippen LogP contribution >= 0.6 is 11.6 Å². The molecule has 2 rings (SSSR count). The molecular weight excluding hydrogens is 286 g/mol. The van der Waals surface area contributed by atoms with Crippen LogP contribution in [0.2, 0.25) is 5.02 Å². The standard InChI is InChI=1S/C17H16ClNO2/c1-12(2)11-21-16-6-4-3-5-15(16)19-17(20)13-7-9-14(18)10-8-13/h3-10H,1,11H2,2H3,(H,19,20). The van der Waals surface area contributed by atoms with Crippen LogP contribution in [0.15, 0.2) is 60.7 Å². The molecule has 4 heteroatoms. The summed E-state index contributed by atoms with van der Waals surface area (Å²) in [4.78, 5) is 12.2. The van der Waals surface area contributed by atoms with Crippen molar-refractivity contribution >= 4 is 23.2 Å².